The van der Waals surface area contributed by atoms with Gasteiger partial charge in [-0.2, -0.15) is 0 Å². The third-order valence-corrected chi connectivity index (χ3v) is 3.30. The summed E-state index contributed by atoms with van der Waals surface area (Å²) in [7, 11) is 7.87. The van der Waals surface area contributed by atoms with Gasteiger partial charge in [0.25, 0.3) is 0 Å². The molecular weight excluding hydrogens is 294 g/mol. The molecule has 0 bridgehead atoms. The van der Waals surface area contributed by atoms with Crippen LogP contribution in [-0.2, 0) is 6.54 Å². The quantitative estimate of drug-likeness (QED) is 0.812. The summed E-state index contributed by atoms with van der Waals surface area (Å²) in [5, 5.41) is 10.1. The summed E-state index contributed by atoms with van der Waals surface area (Å²) in [5.41, 5.74) is 8.70. The first kappa shape index (κ1) is 15.4. The molecule has 0 aliphatic carbocycles. The molecule has 0 aromatic heterocycles. The molecule has 5 heteroatoms. The highest BCUT2D eigenvalue weighted by Gasteiger charge is 2.13. The monoisotopic (exact) mass is 315 g/mol. The number of nitrogens with zero attached hydrogens (tertiary/aromatic N) is 2. The molecule has 0 saturated carbocycles. The molecule has 0 fully saturated rings. The zero-order valence-corrected chi connectivity index (χ0v) is 13.0. The molecule has 1 atom stereocenters. The molecule has 3 N–H and O–H groups in total. The number of hydrogen-bond acceptors (Lipinski definition) is 4. The summed E-state index contributed by atoms with van der Waals surface area (Å²) in [6.45, 7) is 1.35. The highest BCUT2D eigenvalue weighted by molar-refractivity contribution is 9.10. The number of benzene rings is 1. The zero-order valence-electron chi connectivity index (χ0n) is 11.4. The fraction of sp³-hybridized carbons (Fsp3) is 0.538. The van der Waals surface area contributed by atoms with E-state index in [-0.39, 0.29) is 0 Å². The van der Waals surface area contributed by atoms with E-state index in [9.17, 15) is 5.11 Å². The zero-order chi connectivity index (χ0) is 13.9. The van der Waals surface area contributed by atoms with Gasteiger partial charge >= 0.3 is 0 Å². The Morgan fingerprint density at radius 3 is 2.33 bits per heavy atom. The van der Waals surface area contributed by atoms with Gasteiger partial charge in [0, 0.05) is 17.6 Å². The molecule has 18 heavy (non-hydrogen) atoms. The Hall–Kier alpha value is -0.620. The third kappa shape index (κ3) is 4.24. The number of likely N-dealkylation sites (N-methyl/N-ethyl adjacent to an activating group) is 1. The summed E-state index contributed by atoms with van der Waals surface area (Å²) in [5.74, 6) is 0. The normalized spacial score (nSPS) is 13.3. The molecule has 4 nitrogen and oxygen atoms in total. The van der Waals surface area contributed by atoms with Crippen molar-refractivity contribution in [2.45, 2.75) is 12.6 Å². The van der Waals surface area contributed by atoms with E-state index in [2.05, 4.69) is 20.8 Å². The van der Waals surface area contributed by atoms with E-state index >= 15 is 0 Å². The molecule has 0 spiro atoms. The predicted molar refractivity (Wildman–Crippen MR) is 79.5 cm³/mol. The van der Waals surface area contributed by atoms with E-state index < -0.39 is 6.10 Å². The van der Waals surface area contributed by atoms with Crippen LogP contribution in [0.5, 0.6) is 0 Å². The van der Waals surface area contributed by atoms with E-state index in [1.165, 1.54) is 0 Å². The van der Waals surface area contributed by atoms with Gasteiger partial charge in [-0.25, -0.2) is 0 Å². The van der Waals surface area contributed by atoms with E-state index in [0.29, 0.717) is 6.54 Å². The van der Waals surface area contributed by atoms with Gasteiger partial charge in [-0.05, 0) is 67.4 Å². The Kier molecular flexibility index (Phi) is 5.59. The van der Waals surface area contributed by atoms with Crippen molar-refractivity contribution in [2.75, 3.05) is 40.5 Å². The number of hydrogen-bond donors (Lipinski definition) is 2. The van der Waals surface area contributed by atoms with Crippen molar-refractivity contribution in [1.29, 1.82) is 0 Å². The molecule has 1 unspecified atom stereocenters. The Balaban J connectivity index is 3.03. The van der Waals surface area contributed by atoms with E-state index in [1.807, 2.05) is 45.2 Å². The lowest BCUT2D eigenvalue weighted by Crippen LogP contribution is -2.20. The summed E-state index contributed by atoms with van der Waals surface area (Å²) in [6, 6.07) is 3.87. The van der Waals surface area contributed by atoms with Crippen molar-refractivity contribution in [1.82, 2.24) is 9.80 Å². The fourth-order valence-corrected chi connectivity index (χ4v) is 2.33. The summed E-state index contributed by atoms with van der Waals surface area (Å²) >= 11 is 3.45. The van der Waals surface area contributed by atoms with Gasteiger partial charge in [-0.3, -0.25) is 0 Å². The van der Waals surface area contributed by atoms with Crippen LogP contribution in [0.3, 0.4) is 0 Å². The van der Waals surface area contributed by atoms with Gasteiger partial charge in [0.05, 0.1) is 11.8 Å². The van der Waals surface area contributed by atoms with Crippen molar-refractivity contribution < 1.29 is 5.11 Å². The van der Waals surface area contributed by atoms with Gasteiger partial charge in [-0.15, -0.1) is 0 Å². The van der Waals surface area contributed by atoms with E-state index in [0.717, 1.165) is 27.8 Å². The maximum Gasteiger partial charge on any atom is 0.0917 e. The van der Waals surface area contributed by atoms with Gasteiger partial charge in [0.1, 0.15) is 0 Å². The van der Waals surface area contributed by atoms with Crippen LogP contribution in [0, 0.1) is 0 Å². The Labute approximate surface area is 118 Å². The second kappa shape index (κ2) is 6.52. The average Bonchev–Trinajstić information content (AvgIpc) is 2.22. The molecule has 0 saturated heterocycles. The lowest BCUT2D eigenvalue weighted by Gasteiger charge is -2.20. The first-order valence-electron chi connectivity index (χ1n) is 5.86. The Morgan fingerprint density at radius 2 is 1.83 bits per heavy atom. The standard InChI is InChI=1S/C13H22BrN3O/c1-16(2)7-10-5-9(6-11(14)13(10)15)12(18)8-17(3)4/h5-6,12,18H,7-8,15H2,1-4H3. The topological polar surface area (TPSA) is 52.7 Å². The van der Waals surface area contributed by atoms with Crippen LogP contribution < -0.4 is 5.73 Å². The van der Waals surface area contributed by atoms with Gasteiger partial charge in [0.15, 0.2) is 0 Å². The SMILES string of the molecule is CN(C)Cc1cc(C(O)CN(C)C)cc(Br)c1N. The Morgan fingerprint density at radius 1 is 1.22 bits per heavy atom. The minimum Gasteiger partial charge on any atom is -0.398 e. The highest BCUT2D eigenvalue weighted by Crippen LogP contribution is 2.29. The largest absolute Gasteiger partial charge is 0.398 e. The van der Waals surface area contributed by atoms with Crippen molar-refractivity contribution in [2.24, 2.45) is 0 Å². The smallest absolute Gasteiger partial charge is 0.0917 e. The molecule has 0 radical (unpaired) electrons. The molecule has 0 aliphatic heterocycles. The van der Waals surface area contributed by atoms with E-state index in [1.54, 1.807) is 0 Å². The number of aliphatic hydroxyl groups is 1. The van der Waals surface area contributed by atoms with Crippen molar-refractivity contribution in [3.05, 3.63) is 27.7 Å². The van der Waals surface area contributed by atoms with Crippen LogP contribution in [0.15, 0.2) is 16.6 Å². The highest BCUT2D eigenvalue weighted by atomic mass is 79.9. The fourth-order valence-electron chi connectivity index (χ4n) is 1.81. The maximum atomic E-state index is 10.1. The number of anilines is 1. The molecule has 1 rings (SSSR count). The molecule has 102 valence electrons. The molecule has 0 amide bonds. The first-order chi connectivity index (χ1) is 8.31. The van der Waals surface area contributed by atoms with E-state index in [4.69, 9.17) is 5.73 Å². The first-order valence-corrected chi connectivity index (χ1v) is 6.66. The minimum absolute atomic E-state index is 0.502. The Bertz CT molecular complexity index is 407. The predicted octanol–water partition coefficient (Wildman–Crippen LogP) is 1.69. The molecule has 1 aromatic carbocycles. The van der Waals surface area contributed by atoms with Crippen molar-refractivity contribution >= 4 is 21.6 Å². The molecule has 0 aliphatic rings. The van der Waals surface area contributed by atoms with Crippen LogP contribution in [0.4, 0.5) is 5.69 Å². The van der Waals surface area contributed by atoms with Gasteiger partial charge in [0.2, 0.25) is 0 Å². The maximum absolute atomic E-state index is 10.1. The lowest BCUT2D eigenvalue weighted by molar-refractivity contribution is 0.138. The molecular formula is C13H22BrN3O. The average molecular weight is 316 g/mol. The van der Waals surface area contributed by atoms with Gasteiger partial charge < -0.3 is 20.6 Å². The summed E-state index contributed by atoms with van der Waals surface area (Å²) < 4.78 is 0.842. The molecule has 0 heterocycles. The number of nitrogens with two attached hydrogens (primary N) is 1. The summed E-state index contributed by atoms with van der Waals surface area (Å²) in [4.78, 5) is 4.01. The molecule has 1 aromatic rings. The second-order valence-electron chi connectivity index (χ2n) is 5.09. The second-order valence-corrected chi connectivity index (χ2v) is 5.95. The van der Waals surface area contributed by atoms with Crippen LogP contribution >= 0.6 is 15.9 Å². The number of aliphatic hydroxyl groups excluding tert-OH is 1. The van der Waals surface area contributed by atoms with Crippen LogP contribution in [-0.4, -0.2) is 49.6 Å². The summed E-state index contributed by atoms with van der Waals surface area (Å²) in [6.07, 6.45) is -0.502. The minimum atomic E-state index is -0.502. The van der Waals surface area contributed by atoms with Crippen molar-refractivity contribution in [3.8, 4) is 0 Å². The van der Waals surface area contributed by atoms with Crippen LogP contribution in [0.2, 0.25) is 0 Å². The van der Waals surface area contributed by atoms with Crippen LogP contribution in [0.1, 0.15) is 17.2 Å². The van der Waals surface area contributed by atoms with Crippen molar-refractivity contribution in [3.63, 3.8) is 0 Å². The number of rotatable bonds is 5. The number of nitrogen functional groups attached to an aromatic ring is 1. The third-order valence-electron chi connectivity index (χ3n) is 2.65. The van der Waals surface area contributed by atoms with Crippen LogP contribution in [0.25, 0.3) is 0 Å². The number of halogens is 1. The van der Waals surface area contributed by atoms with Gasteiger partial charge in [-0.1, -0.05) is 0 Å². The lowest BCUT2D eigenvalue weighted by atomic mass is 10.0.